The maximum Gasteiger partial charge on any atom is 0.253 e. The average molecular weight is 384 g/mol. The summed E-state index contributed by atoms with van der Waals surface area (Å²) in [6, 6.07) is 10.7. The van der Waals surface area contributed by atoms with E-state index in [1.165, 1.54) is 0 Å². The zero-order chi connectivity index (χ0) is 20.1. The summed E-state index contributed by atoms with van der Waals surface area (Å²) in [6.07, 6.45) is 1.32. The molecule has 2 aromatic carbocycles. The molecule has 0 bridgehead atoms. The van der Waals surface area contributed by atoms with Gasteiger partial charge in [-0.1, -0.05) is 12.1 Å². The van der Waals surface area contributed by atoms with E-state index in [-0.39, 0.29) is 18.4 Å². The molecule has 2 aromatic rings. The zero-order valence-electron chi connectivity index (χ0n) is 16.3. The molecule has 0 aromatic heterocycles. The van der Waals surface area contributed by atoms with E-state index in [1.54, 1.807) is 56.6 Å². The predicted octanol–water partition coefficient (Wildman–Crippen LogP) is 2.77. The van der Waals surface area contributed by atoms with Crippen molar-refractivity contribution in [2.75, 3.05) is 32.8 Å². The Labute approximate surface area is 164 Å². The molecule has 0 saturated carbocycles. The van der Waals surface area contributed by atoms with E-state index < -0.39 is 0 Å². The molecule has 1 fully saturated rings. The Morgan fingerprint density at radius 1 is 1.07 bits per heavy atom. The lowest BCUT2D eigenvalue weighted by Crippen LogP contribution is -2.29. The number of rotatable bonds is 7. The van der Waals surface area contributed by atoms with E-state index in [0.717, 1.165) is 12.0 Å². The molecule has 0 spiro atoms. The normalized spacial score (nSPS) is 13.4. The Balaban J connectivity index is 1.79. The quantitative estimate of drug-likeness (QED) is 0.794. The minimum Gasteiger partial charge on any atom is -0.493 e. The molecule has 1 saturated heterocycles. The number of hydrogen-bond acceptors (Lipinski definition) is 5. The molecule has 2 amide bonds. The predicted molar refractivity (Wildman–Crippen MR) is 105 cm³/mol. The van der Waals surface area contributed by atoms with E-state index in [4.69, 9.17) is 14.2 Å². The van der Waals surface area contributed by atoms with Crippen molar-refractivity contribution in [2.45, 2.75) is 19.4 Å². The molecule has 28 heavy (non-hydrogen) atoms. The smallest absolute Gasteiger partial charge is 0.253 e. The van der Waals surface area contributed by atoms with Crippen LogP contribution < -0.4 is 24.4 Å². The van der Waals surface area contributed by atoms with E-state index >= 15 is 0 Å². The minimum absolute atomic E-state index is 0.0462. The van der Waals surface area contributed by atoms with Gasteiger partial charge in [0.2, 0.25) is 11.7 Å². The molecule has 1 aliphatic heterocycles. The first kappa shape index (κ1) is 19.5. The fourth-order valence-electron chi connectivity index (χ4n) is 3.32. The molecule has 1 aliphatic rings. The van der Waals surface area contributed by atoms with Crippen molar-refractivity contribution in [3.8, 4) is 17.2 Å². The number of methoxy groups -OCH3 is 3. The minimum atomic E-state index is -0.246. The van der Waals surface area contributed by atoms with E-state index in [2.05, 4.69) is 5.32 Å². The van der Waals surface area contributed by atoms with Crippen LogP contribution >= 0.6 is 0 Å². The fraction of sp³-hybridized carbons (Fsp3) is 0.333. The van der Waals surface area contributed by atoms with Crippen LogP contribution in [0.3, 0.4) is 0 Å². The third-order valence-corrected chi connectivity index (χ3v) is 4.69. The molecule has 0 aliphatic carbocycles. The second-order valence-corrected chi connectivity index (χ2v) is 6.38. The standard InChI is InChI=1S/C21H24N2O5/c1-26-17-11-14(12-18(27-2)20(17)28-3)13-22-21(25)15-7-4-5-8-16(15)23-10-6-9-19(23)24/h4-5,7-8,11-12H,6,9-10,13H2,1-3H3,(H,22,25). The molecule has 7 nitrogen and oxygen atoms in total. The summed E-state index contributed by atoms with van der Waals surface area (Å²) >= 11 is 0. The highest BCUT2D eigenvalue weighted by molar-refractivity contribution is 6.05. The molecule has 0 radical (unpaired) electrons. The summed E-state index contributed by atoms with van der Waals surface area (Å²) < 4.78 is 16.0. The number of ether oxygens (including phenoxy) is 3. The van der Waals surface area contributed by atoms with Crippen LogP contribution in [-0.2, 0) is 11.3 Å². The molecule has 1 heterocycles. The third kappa shape index (κ3) is 3.88. The summed E-state index contributed by atoms with van der Waals surface area (Å²) in [5.41, 5.74) is 1.93. The Hall–Kier alpha value is -3.22. The number of benzene rings is 2. The van der Waals surface area contributed by atoms with Gasteiger partial charge in [-0.25, -0.2) is 0 Å². The zero-order valence-corrected chi connectivity index (χ0v) is 16.3. The van der Waals surface area contributed by atoms with Crippen LogP contribution in [0.1, 0.15) is 28.8 Å². The molecule has 7 heteroatoms. The summed E-state index contributed by atoms with van der Waals surface area (Å²) in [5, 5.41) is 2.91. The number of nitrogens with zero attached hydrogens (tertiary/aromatic N) is 1. The maximum absolute atomic E-state index is 12.8. The number of amides is 2. The van der Waals surface area contributed by atoms with Gasteiger partial charge in [0.25, 0.3) is 5.91 Å². The van der Waals surface area contributed by atoms with Crippen LogP contribution in [0.25, 0.3) is 0 Å². The monoisotopic (exact) mass is 384 g/mol. The van der Waals surface area contributed by atoms with Crippen LogP contribution in [-0.4, -0.2) is 39.7 Å². The average Bonchev–Trinajstić information content (AvgIpc) is 3.16. The largest absolute Gasteiger partial charge is 0.493 e. The molecule has 0 atom stereocenters. The lowest BCUT2D eigenvalue weighted by Gasteiger charge is -2.19. The molecule has 1 N–H and O–H groups in total. The molecule has 0 unspecified atom stereocenters. The van der Waals surface area contributed by atoms with Crippen LogP contribution in [0.15, 0.2) is 36.4 Å². The van der Waals surface area contributed by atoms with Crippen molar-refractivity contribution in [1.82, 2.24) is 5.32 Å². The highest BCUT2D eigenvalue weighted by Gasteiger charge is 2.25. The highest BCUT2D eigenvalue weighted by atomic mass is 16.5. The van der Waals surface area contributed by atoms with Gasteiger partial charge in [0, 0.05) is 19.5 Å². The number of carbonyl (C=O) groups is 2. The van der Waals surface area contributed by atoms with Crippen molar-refractivity contribution < 1.29 is 23.8 Å². The molecular weight excluding hydrogens is 360 g/mol. The van der Waals surface area contributed by atoms with E-state index in [9.17, 15) is 9.59 Å². The van der Waals surface area contributed by atoms with Gasteiger partial charge in [0.1, 0.15) is 0 Å². The van der Waals surface area contributed by atoms with Gasteiger partial charge in [0.05, 0.1) is 32.6 Å². The van der Waals surface area contributed by atoms with Gasteiger partial charge in [-0.05, 0) is 36.2 Å². The summed E-state index contributed by atoms with van der Waals surface area (Å²) in [5.74, 6) is 1.34. The number of hydrogen-bond donors (Lipinski definition) is 1. The van der Waals surface area contributed by atoms with Crippen molar-refractivity contribution >= 4 is 17.5 Å². The first-order valence-corrected chi connectivity index (χ1v) is 9.05. The Kier molecular flexibility index (Phi) is 6.03. The van der Waals surface area contributed by atoms with E-state index in [0.29, 0.717) is 41.5 Å². The Morgan fingerprint density at radius 2 is 1.75 bits per heavy atom. The second-order valence-electron chi connectivity index (χ2n) is 6.38. The van der Waals surface area contributed by atoms with Crippen molar-refractivity contribution in [3.05, 3.63) is 47.5 Å². The topological polar surface area (TPSA) is 77.1 Å². The number of carbonyl (C=O) groups excluding carboxylic acids is 2. The lowest BCUT2D eigenvalue weighted by atomic mass is 10.1. The number of para-hydroxylation sites is 1. The first-order valence-electron chi connectivity index (χ1n) is 9.05. The van der Waals surface area contributed by atoms with Crippen LogP contribution in [0.4, 0.5) is 5.69 Å². The van der Waals surface area contributed by atoms with Gasteiger partial charge < -0.3 is 24.4 Å². The van der Waals surface area contributed by atoms with Crippen LogP contribution in [0, 0.1) is 0 Å². The number of anilines is 1. The highest BCUT2D eigenvalue weighted by Crippen LogP contribution is 2.38. The van der Waals surface area contributed by atoms with Gasteiger partial charge in [-0.2, -0.15) is 0 Å². The summed E-state index contributed by atoms with van der Waals surface area (Å²) in [6.45, 7) is 0.911. The van der Waals surface area contributed by atoms with Crippen molar-refractivity contribution in [3.63, 3.8) is 0 Å². The maximum atomic E-state index is 12.8. The SMILES string of the molecule is COc1cc(CNC(=O)c2ccccc2N2CCCC2=O)cc(OC)c1OC. The molecular formula is C21H24N2O5. The van der Waals surface area contributed by atoms with Gasteiger partial charge in [-0.3, -0.25) is 9.59 Å². The van der Waals surface area contributed by atoms with Crippen LogP contribution in [0.5, 0.6) is 17.2 Å². The van der Waals surface area contributed by atoms with Gasteiger partial charge in [-0.15, -0.1) is 0 Å². The molecule has 3 rings (SSSR count). The van der Waals surface area contributed by atoms with Crippen LogP contribution in [0.2, 0.25) is 0 Å². The molecule has 148 valence electrons. The Bertz CT molecular complexity index is 856. The summed E-state index contributed by atoms with van der Waals surface area (Å²) in [7, 11) is 4.63. The van der Waals surface area contributed by atoms with Gasteiger partial charge in [0.15, 0.2) is 11.5 Å². The Morgan fingerprint density at radius 3 is 2.32 bits per heavy atom. The van der Waals surface area contributed by atoms with Crippen molar-refractivity contribution in [2.24, 2.45) is 0 Å². The first-order chi connectivity index (χ1) is 13.6. The van der Waals surface area contributed by atoms with E-state index in [1.807, 2.05) is 6.07 Å². The second kappa shape index (κ2) is 8.65. The van der Waals surface area contributed by atoms with Gasteiger partial charge >= 0.3 is 0 Å². The number of nitrogens with one attached hydrogen (secondary N) is 1. The fourth-order valence-corrected chi connectivity index (χ4v) is 3.32. The lowest BCUT2D eigenvalue weighted by molar-refractivity contribution is -0.117. The van der Waals surface area contributed by atoms with Crippen molar-refractivity contribution in [1.29, 1.82) is 0 Å². The summed E-state index contributed by atoms with van der Waals surface area (Å²) in [4.78, 5) is 26.6. The third-order valence-electron chi connectivity index (χ3n) is 4.69.